The summed E-state index contributed by atoms with van der Waals surface area (Å²) in [5.41, 5.74) is 1.52. The number of halogens is 1. The zero-order valence-electron chi connectivity index (χ0n) is 12.5. The van der Waals surface area contributed by atoms with E-state index in [-0.39, 0.29) is 23.9 Å². The molecule has 3 rings (SSSR count). The average Bonchev–Trinajstić information content (AvgIpc) is 2.59. The fourth-order valence-corrected chi connectivity index (χ4v) is 2.22. The molecule has 0 bridgehead atoms. The summed E-state index contributed by atoms with van der Waals surface area (Å²) in [6, 6.07) is 15.3. The maximum absolute atomic E-state index is 13.4. The van der Waals surface area contributed by atoms with E-state index in [1.54, 1.807) is 6.07 Å². The average molecular weight is 311 g/mol. The lowest BCUT2D eigenvalue weighted by atomic mass is 10.2. The predicted molar refractivity (Wildman–Crippen MR) is 83.8 cm³/mol. The van der Waals surface area contributed by atoms with E-state index < -0.39 is 5.97 Å². The second-order valence-corrected chi connectivity index (χ2v) is 4.94. The van der Waals surface area contributed by atoms with Crippen LogP contribution in [0.3, 0.4) is 0 Å². The van der Waals surface area contributed by atoms with Crippen LogP contribution in [0, 0.1) is 5.82 Å². The highest BCUT2D eigenvalue weighted by atomic mass is 19.1. The van der Waals surface area contributed by atoms with Gasteiger partial charge in [-0.3, -0.25) is 0 Å². The molecule has 0 N–H and O–H groups in total. The maximum Gasteiger partial charge on any atom is 0.360 e. The number of methoxy groups -OCH3 is 1. The van der Waals surface area contributed by atoms with E-state index in [9.17, 15) is 9.18 Å². The van der Waals surface area contributed by atoms with Crippen molar-refractivity contribution in [3.8, 4) is 5.75 Å². The first kappa shape index (κ1) is 15.0. The second kappa shape index (κ2) is 6.44. The van der Waals surface area contributed by atoms with Crippen LogP contribution in [0.4, 0.5) is 4.39 Å². The summed E-state index contributed by atoms with van der Waals surface area (Å²) in [5.74, 6) is -0.711. The molecule has 0 unspecified atom stereocenters. The molecule has 0 fully saturated rings. The van der Waals surface area contributed by atoms with Crippen LogP contribution in [0.5, 0.6) is 5.75 Å². The lowest BCUT2D eigenvalue weighted by Crippen LogP contribution is -2.08. The first-order valence-electron chi connectivity index (χ1n) is 7.03. The van der Waals surface area contributed by atoms with Crippen LogP contribution < -0.4 is 4.74 Å². The van der Waals surface area contributed by atoms with Crippen molar-refractivity contribution in [2.75, 3.05) is 7.11 Å². The molecule has 0 saturated heterocycles. The van der Waals surface area contributed by atoms with Crippen LogP contribution in [0.1, 0.15) is 16.1 Å². The molecule has 0 radical (unpaired) electrons. The standard InChI is InChI=1S/C18H14FNO3/c1-22-18(21)17-16(23-11-12-5-3-2-4-6-12)10-13-9-14(19)7-8-15(13)20-17/h2-10H,11H2,1H3. The van der Waals surface area contributed by atoms with Gasteiger partial charge in [-0.2, -0.15) is 0 Å². The summed E-state index contributed by atoms with van der Waals surface area (Å²) in [7, 11) is 1.28. The van der Waals surface area contributed by atoms with Crippen molar-refractivity contribution in [3.63, 3.8) is 0 Å². The lowest BCUT2D eigenvalue weighted by Gasteiger charge is -2.11. The van der Waals surface area contributed by atoms with Crippen LogP contribution >= 0.6 is 0 Å². The van der Waals surface area contributed by atoms with Gasteiger partial charge in [0.05, 0.1) is 12.6 Å². The number of rotatable bonds is 4. The molecule has 0 spiro atoms. The third-order valence-electron chi connectivity index (χ3n) is 3.36. The predicted octanol–water partition coefficient (Wildman–Crippen LogP) is 3.74. The topological polar surface area (TPSA) is 48.4 Å². The largest absolute Gasteiger partial charge is 0.486 e. The second-order valence-electron chi connectivity index (χ2n) is 4.94. The van der Waals surface area contributed by atoms with Crippen molar-refractivity contribution in [2.24, 2.45) is 0 Å². The lowest BCUT2D eigenvalue weighted by molar-refractivity contribution is 0.0589. The molecule has 5 heteroatoms. The van der Waals surface area contributed by atoms with Gasteiger partial charge in [0.15, 0.2) is 11.4 Å². The Bertz CT molecular complexity index is 850. The zero-order chi connectivity index (χ0) is 16.2. The van der Waals surface area contributed by atoms with Crippen molar-refractivity contribution in [3.05, 3.63) is 71.7 Å². The minimum atomic E-state index is -0.598. The number of esters is 1. The van der Waals surface area contributed by atoms with Gasteiger partial charge in [-0.1, -0.05) is 30.3 Å². The number of aromatic nitrogens is 1. The Hall–Kier alpha value is -2.95. The van der Waals surface area contributed by atoms with Gasteiger partial charge in [-0.15, -0.1) is 0 Å². The van der Waals surface area contributed by atoms with E-state index >= 15 is 0 Å². The molecule has 0 saturated carbocycles. The molecule has 2 aromatic carbocycles. The number of benzene rings is 2. The van der Waals surface area contributed by atoms with Gasteiger partial charge in [0.2, 0.25) is 0 Å². The summed E-state index contributed by atoms with van der Waals surface area (Å²) in [4.78, 5) is 16.2. The maximum atomic E-state index is 13.4. The van der Waals surface area contributed by atoms with Crippen LogP contribution in [-0.2, 0) is 11.3 Å². The normalized spacial score (nSPS) is 10.5. The first-order valence-corrected chi connectivity index (χ1v) is 7.03. The number of ether oxygens (including phenoxy) is 2. The van der Waals surface area contributed by atoms with Gasteiger partial charge in [0, 0.05) is 5.39 Å². The molecule has 23 heavy (non-hydrogen) atoms. The molecule has 0 aliphatic heterocycles. The SMILES string of the molecule is COC(=O)c1nc2ccc(F)cc2cc1OCc1ccccc1. The Morgan fingerprint density at radius 3 is 2.65 bits per heavy atom. The van der Waals surface area contributed by atoms with E-state index in [2.05, 4.69) is 4.98 Å². The number of nitrogens with zero attached hydrogens (tertiary/aromatic N) is 1. The molecule has 1 heterocycles. The van der Waals surface area contributed by atoms with Gasteiger partial charge >= 0.3 is 5.97 Å². The minimum absolute atomic E-state index is 0.0718. The van der Waals surface area contributed by atoms with Crippen LogP contribution in [0.25, 0.3) is 10.9 Å². The first-order chi connectivity index (χ1) is 11.2. The van der Waals surface area contributed by atoms with Crippen molar-refractivity contribution < 1.29 is 18.7 Å². The molecule has 4 nitrogen and oxygen atoms in total. The minimum Gasteiger partial charge on any atom is -0.486 e. The van der Waals surface area contributed by atoms with Gasteiger partial charge < -0.3 is 9.47 Å². The Morgan fingerprint density at radius 1 is 1.13 bits per heavy atom. The highest BCUT2D eigenvalue weighted by Gasteiger charge is 2.17. The number of hydrogen-bond donors (Lipinski definition) is 0. The highest BCUT2D eigenvalue weighted by molar-refractivity contribution is 5.94. The Balaban J connectivity index is 1.99. The molecule has 0 aliphatic rings. The third kappa shape index (κ3) is 3.29. The summed E-state index contributed by atoms with van der Waals surface area (Å²) >= 11 is 0. The number of fused-ring (bicyclic) bond motifs is 1. The van der Waals surface area contributed by atoms with Crippen LogP contribution in [0.2, 0.25) is 0 Å². The van der Waals surface area contributed by atoms with E-state index in [1.165, 1.54) is 25.3 Å². The molecule has 0 atom stereocenters. The molecular weight excluding hydrogens is 297 g/mol. The summed E-state index contributed by atoms with van der Waals surface area (Å²) < 4.78 is 23.8. The highest BCUT2D eigenvalue weighted by Crippen LogP contribution is 2.25. The van der Waals surface area contributed by atoms with Crippen LogP contribution in [0.15, 0.2) is 54.6 Å². The fraction of sp³-hybridized carbons (Fsp3) is 0.111. The molecule has 1 aromatic heterocycles. The van der Waals surface area contributed by atoms with E-state index in [0.29, 0.717) is 10.9 Å². The summed E-state index contributed by atoms with van der Waals surface area (Å²) in [5, 5.41) is 0.556. The monoisotopic (exact) mass is 311 g/mol. The van der Waals surface area contributed by atoms with E-state index in [4.69, 9.17) is 9.47 Å². The molecule has 3 aromatic rings. The third-order valence-corrected chi connectivity index (χ3v) is 3.36. The van der Waals surface area contributed by atoms with Crippen molar-refractivity contribution in [1.29, 1.82) is 0 Å². The smallest absolute Gasteiger partial charge is 0.360 e. The molecule has 116 valence electrons. The number of hydrogen-bond acceptors (Lipinski definition) is 4. The fourth-order valence-electron chi connectivity index (χ4n) is 2.22. The number of carbonyl (C=O) groups excluding carboxylic acids is 1. The molecular formula is C18H14FNO3. The van der Waals surface area contributed by atoms with E-state index in [0.717, 1.165) is 5.56 Å². The van der Waals surface area contributed by atoms with Crippen LogP contribution in [-0.4, -0.2) is 18.1 Å². The number of carbonyl (C=O) groups is 1. The Kier molecular flexibility index (Phi) is 4.19. The van der Waals surface area contributed by atoms with Gasteiger partial charge in [0.25, 0.3) is 0 Å². The van der Waals surface area contributed by atoms with Crippen molar-refractivity contribution in [2.45, 2.75) is 6.61 Å². The van der Waals surface area contributed by atoms with Gasteiger partial charge in [-0.05, 0) is 29.8 Å². The summed E-state index contributed by atoms with van der Waals surface area (Å²) in [6.45, 7) is 0.271. The molecule has 0 aliphatic carbocycles. The van der Waals surface area contributed by atoms with Crippen molar-refractivity contribution in [1.82, 2.24) is 4.98 Å². The molecule has 0 amide bonds. The van der Waals surface area contributed by atoms with E-state index in [1.807, 2.05) is 30.3 Å². The number of pyridine rings is 1. The zero-order valence-corrected chi connectivity index (χ0v) is 12.5. The van der Waals surface area contributed by atoms with Crippen molar-refractivity contribution >= 4 is 16.9 Å². The Morgan fingerprint density at radius 2 is 1.91 bits per heavy atom. The van der Waals surface area contributed by atoms with Gasteiger partial charge in [-0.25, -0.2) is 14.2 Å². The Labute approximate surface area is 132 Å². The summed E-state index contributed by atoms with van der Waals surface area (Å²) in [6.07, 6.45) is 0. The van der Waals surface area contributed by atoms with Gasteiger partial charge in [0.1, 0.15) is 12.4 Å². The quantitative estimate of drug-likeness (QED) is 0.689.